The standard InChI is InChI=1S/C28H31N5O3S2.ClH/c1-20-18-21(2)26-25(19-20)37-28(30-26)33-16-14-32(15-17-33)13-12-29-27(34)22-8-10-23(11-9-22)31-38(35,36)24-6-4-3-5-7-24;/h3-11,18-19,31H,12-17H2,1-2H3,(H,29,34);1H. The summed E-state index contributed by atoms with van der Waals surface area (Å²) in [6.07, 6.45) is 0. The van der Waals surface area contributed by atoms with E-state index in [2.05, 4.69) is 45.8 Å². The van der Waals surface area contributed by atoms with Gasteiger partial charge in [0, 0.05) is 50.5 Å². The number of aromatic nitrogens is 1. The van der Waals surface area contributed by atoms with Crippen molar-refractivity contribution in [1.29, 1.82) is 0 Å². The van der Waals surface area contributed by atoms with Crippen molar-refractivity contribution in [2.45, 2.75) is 18.7 Å². The predicted octanol–water partition coefficient (Wildman–Crippen LogP) is 4.69. The molecule has 1 aromatic heterocycles. The Labute approximate surface area is 239 Å². The first-order valence-corrected chi connectivity index (χ1v) is 14.9. The highest BCUT2D eigenvalue weighted by atomic mass is 35.5. The Morgan fingerprint density at radius 2 is 1.67 bits per heavy atom. The first-order chi connectivity index (χ1) is 18.3. The van der Waals surface area contributed by atoms with Gasteiger partial charge in [0.25, 0.3) is 15.9 Å². The molecule has 206 valence electrons. The lowest BCUT2D eigenvalue weighted by atomic mass is 10.1. The number of rotatable bonds is 8. The second-order valence-corrected chi connectivity index (χ2v) is 12.2. The number of benzene rings is 3. The number of piperazine rings is 1. The molecule has 0 unspecified atom stereocenters. The minimum absolute atomic E-state index is 0. The Hall–Kier alpha value is -3.18. The average Bonchev–Trinajstić information content (AvgIpc) is 3.34. The van der Waals surface area contributed by atoms with E-state index >= 15 is 0 Å². The van der Waals surface area contributed by atoms with E-state index in [0.717, 1.165) is 43.4 Å². The van der Waals surface area contributed by atoms with Crippen LogP contribution in [0.2, 0.25) is 0 Å². The lowest BCUT2D eigenvalue weighted by molar-refractivity contribution is 0.0948. The van der Waals surface area contributed by atoms with Crippen LogP contribution in [0.15, 0.2) is 71.6 Å². The molecule has 2 heterocycles. The number of hydrogen-bond donors (Lipinski definition) is 2. The molecule has 1 saturated heterocycles. The Kier molecular flexibility index (Phi) is 9.12. The van der Waals surface area contributed by atoms with Gasteiger partial charge in [-0.3, -0.25) is 14.4 Å². The fourth-order valence-electron chi connectivity index (χ4n) is 4.59. The number of thiazole rings is 1. The van der Waals surface area contributed by atoms with E-state index < -0.39 is 10.0 Å². The van der Waals surface area contributed by atoms with Gasteiger partial charge >= 0.3 is 0 Å². The zero-order chi connectivity index (χ0) is 26.7. The number of nitrogens with zero attached hydrogens (tertiary/aromatic N) is 3. The molecule has 2 N–H and O–H groups in total. The molecule has 0 aliphatic carbocycles. The van der Waals surface area contributed by atoms with Crippen LogP contribution in [-0.2, 0) is 10.0 Å². The van der Waals surface area contributed by atoms with Crippen LogP contribution in [0.1, 0.15) is 21.5 Å². The molecule has 0 saturated carbocycles. The van der Waals surface area contributed by atoms with Crippen LogP contribution < -0.4 is 14.9 Å². The molecule has 5 rings (SSSR count). The Bertz CT molecular complexity index is 1530. The highest BCUT2D eigenvalue weighted by molar-refractivity contribution is 7.92. The Morgan fingerprint density at radius 1 is 0.974 bits per heavy atom. The first-order valence-electron chi connectivity index (χ1n) is 12.6. The smallest absolute Gasteiger partial charge is 0.261 e. The van der Waals surface area contributed by atoms with Crippen LogP contribution in [0.3, 0.4) is 0 Å². The van der Waals surface area contributed by atoms with Crippen molar-refractivity contribution in [1.82, 2.24) is 15.2 Å². The minimum Gasteiger partial charge on any atom is -0.351 e. The molecule has 0 spiro atoms. The highest BCUT2D eigenvalue weighted by Gasteiger charge is 2.20. The second kappa shape index (κ2) is 12.3. The number of carbonyl (C=O) groups excluding carboxylic acids is 1. The van der Waals surface area contributed by atoms with Crippen LogP contribution in [0, 0.1) is 13.8 Å². The summed E-state index contributed by atoms with van der Waals surface area (Å²) >= 11 is 1.76. The number of nitrogens with one attached hydrogen (secondary N) is 2. The summed E-state index contributed by atoms with van der Waals surface area (Å²) in [6, 6.07) is 19.0. The summed E-state index contributed by atoms with van der Waals surface area (Å²) in [4.78, 5) is 22.4. The predicted molar refractivity (Wildman–Crippen MR) is 161 cm³/mol. The van der Waals surface area contributed by atoms with Crippen LogP contribution in [0.5, 0.6) is 0 Å². The van der Waals surface area contributed by atoms with Crippen LogP contribution >= 0.6 is 23.7 Å². The molecule has 1 aliphatic rings. The average molecular weight is 586 g/mol. The number of halogens is 1. The third kappa shape index (κ3) is 6.88. The molecule has 0 radical (unpaired) electrons. The second-order valence-electron chi connectivity index (χ2n) is 9.51. The number of aryl methyl sites for hydroxylation is 2. The highest BCUT2D eigenvalue weighted by Crippen LogP contribution is 2.32. The van der Waals surface area contributed by atoms with Gasteiger partial charge in [-0.1, -0.05) is 35.6 Å². The number of amides is 1. The van der Waals surface area contributed by atoms with Crippen LogP contribution in [0.4, 0.5) is 10.8 Å². The maximum atomic E-state index is 12.6. The van der Waals surface area contributed by atoms with E-state index in [1.54, 1.807) is 53.8 Å². The summed E-state index contributed by atoms with van der Waals surface area (Å²) in [5, 5.41) is 4.05. The molecule has 1 fully saturated rings. The van der Waals surface area contributed by atoms with Gasteiger partial charge in [0.1, 0.15) is 0 Å². The van der Waals surface area contributed by atoms with Gasteiger partial charge in [-0.25, -0.2) is 13.4 Å². The fraction of sp³-hybridized carbons (Fsp3) is 0.286. The van der Waals surface area contributed by atoms with Gasteiger partial charge in [0.05, 0.1) is 15.1 Å². The van der Waals surface area contributed by atoms with Crippen molar-refractivity contribution in [2.24, 2.45) is 0 Å². The van der Waals surface area contributed by atoms with Crippen molar-refractivity contribution in [3.05, 3.63) is 83.4 Å². The van der Waals surface area contributed by atoms with E-state index in [9.17, 15) is 13.2 Å². The Balaban J connectivity index is 0.00000353. The largest absolute Gasteiger partial charge is 0.351 e. The Morgan fingerprint density at radius 3 is 2.36 bits per heavy atom. The first kappa shape index (κ1) is 28.8. The van der Waals surface area contributed by atoms with Crippen molar-refractivity contribution >= 4 is 60.7 Å². The molecule has 0 bridgehead atoms. The van der Waals surface area contributed by atoms with Gasteiger partial charge in [-0.05, 0) is 67.4 Å². The van der Waals surface area contributed by atoms with Crippen molar-refractivity contribution in [2.75, 3.05) is 48.9 Å². The molecular formula is C28H32ClN5O3S2. The maximum absolute atomic E-state index is 12.6. The molecule has 11 heteroatoms. The zero-order valence-electron chi connectivity index (χ0n) is 21.9. The SMILES string of the molecule is Cc1cc(C)c2nc(N3CCN(CCNC(=O)c4ccc(NS(=O)(=O)c5ccccc5)cc4)CC3)sc2c1.Cl. The molecule has 1 amide bonds. The van der Waals surface area contributed by atoms with Crippen molar-refractivity contribution < 1.29 is 13.2 Å². The van der Waals surface area contributed by atoms with Gasteiger partial charge in [-0.15, -0.1) is 12.4 Å². The van der Waals surface area contributed by atoms with E-state index in [1.165, 1.54) is 28.0 Å². The monoisotopic (exact) mass is 585 g/mol. The summed E-state index contributed by atoms with van der Waals surface area (Å²) in [6.45, 7) is 9.20. The maximum Gasteiger partial charge on any atom is 0.261 e. The topological polar surface area (TPSA) is 94.6 Å². The van der Waals surface area contributed by atoms with Crippen LogP contribution in [-0.4, -0.2) is 63.5 Å². The summed E-state index contributed by atoms with van der Waals surface area (Å²) < 4.78 is 28.7. The summed E-state index contributed by atoms with van der Waals surface area (Å²) in [7, 11) is -3.67. The molecule has 4 aromatic rings. The number of anilines is 2. The molecule has 1 aliphatic heterocycles. The quantitative estimate of drug-likeness (QED) is 0.312. The van der Waals surface area contributed by atoms with Gasteiger partial charge in [0.2, 0.25) is 0 Å². The number of carbonyl (C=O) groups is 1. The van der Waals surface area contributed by atoms with E-state index in [0.29, 0.717) is 17.8 Å². The zero-order valence-corrected chi connectivity index (χ0v) is 24.3. The normalized spacial score (nSPS) is 14.2. The van der Waals surface area contributed by atoms with Crippen molar-refractivity contribution in [3.63, 3.8) is 0 Å². The van der Waals surface area contributed by atoms with Gasteiger partial charge < -0.3 is 10.2 Å². The summed E-state index contributed by atoms with van der Waals surface area (Å²) in [5.41, 5.74) is 4.48. The van der Waals surface area contributed by atoms with Crippen molar-refractivity contribution in [3.8, 4) is 0 Å². The third-order valence-electron chi connectivity index (χ3n) is 6.63. The summed E-state index contributed by atoms with van der Waals surface area (Å²) in [5.74, 6) is -0.179. The lowest BCUT2D eigenvalue weighted by Gasteiger charge is -2.34. The molecular weight excluding hydrogens is 554 g/mol. The number of sulfonamides is 1. The molecule has 3 aromatic carbocycles. The fourth-order valence-corrected chi connectivity index (χ4v) is 6.86. The third-order valence-corrected chi connectivity index (χ3v) is 9.09. The van der Waals surface area contributed by atoms with E-state index in [-0.39, 0.29) is 23.2 Å². The van der Waals surface area contributed by atoms with E-state index in [1.807, 2.05) is 0 Å². The van der Waals surface area contributed by atoms with Gasteiger partial charge in [-0.2, -0.15) is 0 Å². The minimum atomic E-state index is -3.67. The number of fused-ring (bicyclic) bond motifs is 1. The molecule has 39 heavy (non-hydrogen) atoms. The molecule has 0 atom stereocenters. The number of hydrogen-bond acceptors (Lipinski definition) is 7. The van der Waals surface area contributed by atoms with E-state index in [4.69, 9.17) is 4.98 Å². The molecule has 8 nitrogen and oxygen atoms in total. The lowest BCUT2D eigenvalue weighted by Crippen LogP contribution is -2.48. The van der Waals surface area contributed by atoms with Crippen LogP contribution in [0.25, 0.3) is 10.2 Å². The van der Waals surface area contributed by atoms with Gasteiger partial charge in [0.15, 0.2) is 5.13 Å².